The van der Waals surface area contributed by atoms with Crippen LogP contribution in [0.2, 0.25) is 0 Å². The Balaban J connectivity index is 0.000000230. The number of carbonyl (C=O) groups excluding carboxylic acids is 2. The fourth-order valence-corrected chi connectivity index (χ4v) is 7.94. The Morgan fingerprint density at radius 3 is 2.40 bits per heavy atom. The largest absolute Gasteiger partial charge is 0.417 e. The number of nitrogens with zero attached hydrogens (tertiary/aromatic N) is 2. The molecule has 1 saturated heterocycles. The third-order valence-electron chi connectivity index (χ3n) is 9.95. The van der Waals surface area contributed by atoms with Gasteiger partial charge in [0.1, 0.15) is 5.78 Å². The normalized spacial score (nSPS) is 24.6. The van der Waals surface area contributed by atoms with Gasteiger partial charge in [0.05, 0.1) is 5.56 Å². The smallest absolute Gasteiger partial charge is 0.300 e. The summed E-state index contributed by atoms with van der Waals surface area (Å²) < 4.78 is 37.1. The van der Waals surface area contributed by atoms with Crippen molar-refractivity contribution in [3.8, 4) is 0 Å². The maximum atomic E-state index is 12.4. The zero-order valence-electron chi connectivity index (χ0n) is 25.2. The molecule has 1 aromatic heterocycles. The van der Waals surface area contributed by atoms with Gasteiger partial charge in [-0.25, -0.2) is 0 Å². The summed E-state index contributed by atoms with van der Waals surface area (Å²) >= 11 is 3.98. The third kappa shape index (κ3) is 7.47. The number of piperidine rings is 1. The molecule has 1 aliphatic heterocycles. The van der Waals surface area contributed by atoms with Gasteiger partial charge in [0.25, 0.3) is 0 Å². The zero-order valence-corrected chi connectivity index (χ0v) is 26.1. The molecule has 3 aliphatic rings. The fraction of sp³-hybridized carbons (Fsp3) is 0.618. The Morgan fingerprint density at radius 1 is 1.10 bits per heavy atom. The number of alkyl halides is 3. The van der Waals surface area contributed by atoms with Gasteiger partial charge in [-0.2, -0.15) is 13.2 Å². The van der Waals surface area contributed by atoms with E-state index in [9.17, 15) is 22.8 Å². The second-order valence-electron chi connectivity index (χ2n) is 12.4. The van der Waals surface area contributed by atoms with Gasteiger partial charge < -0.3 is 4.90 Å². The number of hydrogen-bond acceptors (Lipinski definition) is 4. The van der Waals surface area contributed by atoms with E-state index >= 15 is 0 Å². The molecule has 1 aromatic carbocycles. The summed E-state index contributed by atoms with van der Waals surface area (Å²) in [5, 5.41) is -0.0630. The molecule has 5 rings (SSSR count). The number of likely N-dealkylation sites (tertiary alicyclic amines) is 1. The Labute approximate surface area is 254 Å². The first kappa shape index (κ1) is 32.7. The summed E-state index contributed by atoms with van der Waals surface area (Å²) in [6, 6.07) is 10.2. The van der Waals surface area contributed by atoms with Crippen molar-refractivity contribution in [3.05, 3.63) is 64.5 Å². The van der Waals surface area contributed by atoms with Crippen LogP contribution in [0.25, 0.3) is 0 Å². The van der Waals surface area contributed by atoms with Crippen LogP contribution in [-0.2, 0) is 35.0 Å². The molecule has 0 spiro atoms. The standard InChI is InChI=1S/C23H31NO2S.C11H14F3N/c1-16(25)23-10-4-6-19(23)14-20(15-23)24-11-8-17(9-12-24)21-7-3-2-5-18(21)13-22(26)27;1-3-5-10-8(4-2)6-9(7-15-10)11(12,13)14/h2-3,5,7,17,19-20H,4,6,8-15H2,1H3,(H,26,27);6-7H,3-5H2,1-2H3/t19?,20-,23?;/m0./s1. The molecule has 2 aliphatic carbocycles. The highest BCUT2D eigenvalue weighted by Gasteiger charge is 2.54. The lowest BCUT2D eigenvalue weighted by Gasteiger charge is -2.37. The number of thiol groups is 1. The van der Waals surface area contributed by atoms with Crippen LogP contribution in [0.5, 0.6) is 0 Å². The van der Waals surface area contributed by atoms with Gasteiger partial charge in [0, 0.05) is 29.8 Å². The molecule has 3 atom stereocenters. The van der Waals surface area contributed by atoms with Crippen molar-refractivity contribution in [3.63, 3.8) is 0 Å². The lowest BCUT2D eigenvalue weighted by Crippen LogP contribution is -2.41. The fourth-order valence-electron chi connectivity index (χ4n) is 7.77. The number of rotatable bonds is 8. The van der Waals surface area contributed by atoms with Gasteiger partial charge in [0.2, 0.25) is 0 Å². The molecule has 2 unspecified atom stereocenters. The number of benzene rings is 1. The molecule has 8 heteroatoms. The van der Waals surface area contributed by atoms with Crippen molar-refractivity contribution in [1.29, 1.82) is 0 Å². The second kappa shape index (κ2) is 14.1. The monoisotopic (exact) mass is 602 g/mol. The molecule has 0 bridgehead atoms. The predicted octanol–water partition coefficient (Wildman–Crippen LogP) is 8.02. The van der Waals surface area contributed by atoms with E-state index in [4.69, 9.17) is 0 Å². The molecule has 2 aromatic rings. The van der Waals surface area contributed by atoms with E-state index < -0.39 is 11.7 Å². The van der Waals surface area contributed by atoms with E-state index in [1.807, 2.05) is 26.8 Å². The Bertz CT molecular complexity index is 1240. The minimum atomic E-state index is -4.29. The van der Waals surface area contributed by atoms with E-state index in [0.717, 1.165) is 69.1 Å². The van der Waals surface area contributed by atoms with Crippen molar-refractivity contribution < 1.29 is 22.8 Å². The molecule has 3 fully saturated rings. The molecule has 0 N–H and O–H groups in total. The van der Waals surface area contributed by atoms with Gasteiger partial charge in [-0.3, -0.25) is 14.6 Å². The van der Waals surface area contributed by atoms with Crippen LogP contribution in [0, 0.1) is 11.3 Å². The van der Waals surface area contributed by atoms with Crippen LogP contribution >= 0.6 is 12.6 Å². The topological polar surface area (TPSA) is 50.3 Å². The van der Waals surface area contributed by atoms with E-state index in [-0.39, 0.29) is 10.5 Å². The maximum Gasteiger partial charge on any atom is 0.417 e. The van der Waals surface area contributed by atoms with E-state index in [1.54, 1.807) is 0 Å². The summed E-state index contributed by atoms with van der Waals surface area (Å²) in [6.07, 6.45) is 7.47. The number of hydrogen-bond donors (Lipinski definition) is 1. The van der Waals surface area contributed by atoms with Crippen LogP contribution in [0.1, 0.15) is 106 Å². The third-order valence-corrected chi connectivity index (χ3v) is 10.1. The van der Waals surface area contributed by atoms with Crippen LogP contribution in [0.3, 0.4) is 0 Å². The molecule has 230 valence electrons. The lowest BCUT2D eigenvalue weighted by atomic mass is 9.77. The Hall–Kier alpha value is -2.19. The first-order valence-electron chi connectivity index (χ1n) is 15.6. The molecule has 0 radical (unpaired) electrons. The highest BCUT2D eigenvalue weighted by Crippen LogP contribution is 2.56. The number of Topliss-reactive ketones (excluding diaryl/α,β-unsaturated/α-hetero) is 1. The maximum absolute atomic E-state index is 12.4. The Morgan fingerprint density at radius 2 is 1.81 bits per heavy atom. The number of aryl methyl sites for hydroxylation is 2. The van der Waals surface area contributed by atoms with Gasteiger partial charge in [-0.05, 0) is 106 Å². The van der Waals surface area contributed by atoms with Crippen LogP contribution in [-0.4, -0.2) is 39.9 Å². The van der Waals surface area contributed by atoms with E-state index in [1.165, 1.54) is 30.9 Å². The highest BCUT2D eigenvalue weighted by molar-refractivity contribution is 7.96. The van der Waals surface area contributed by atoms with Crippen molar-refractivity contribution >= 4 is 23.5 Å². The molecular formula is C34H45F3N2O2S. The first-order chi connectivity index (χ1) is 20.0. The summed E-state index contributed by atoms with van der Waals surface area (Å²) in [4.78, 5) is 30.4. The Kier molecular flexibility index (Phi) is 11.0. The van der Waals surface area contributed by atoms with E-state index in [2.05, 4.69) is 40.7 Å². The van der Waals surface area contributed by atoms with Crippen molar-refractivity contribution in [1.82, 2.24) is 9.88 Å². The van der Waals surface area contributed by atoms with Crippen molar-refractivity contribution in [2.24, 2.45) is 11.3 Å². The highest BCUT2D eigenvalue weighted by atomic mass is 32.1. The number of carbonyl (C=O) groups is 2. The first-order valence-corrected chi connectivity index (χ1v) is 16.0. The molecule has 0 amide bonds. The van der Waals surface area contributed by atoms with Gasteiger partial charge in [0.15, 0.2) is 5.12 Å². The van der Waals surface area contributed by atoms with Gasteiger partial charge in [-0.1, -0.05) is 51.0 Å². The summed E-state index contributed by atoms with van der Waals surface area (Å²) in [7, 11) is 0. The molecule has 4 nitrogen and oxygen atoms in total. The zero-order chi connectivity index (χ0) is 30.5. The number of fused-ring (bicyclic) bond motifs is 1. The number of pyridine rings is 1. The average molecular weight is 603 g/mol. The second-order valence-corrected chi connectivity index (χ2v) is 12.9. The van der Waals surface area contributed by atoms with Crippen LogP contribution < -0.4 is 0 Å². The minimum absolute atomic E-state index is 0.00104. The average Bonchev–Trinajstić information content (AvgIpc) is 3.53. The van der Waals surface area contributed by atoms with Gasteiger partial charge in [-0.15, -0.1) is 12.6 Å². The van der Waals surface area contributed by atoms with Gasteiger partial charge >= 0.3 is 6.18 Å². The van der Waals surface area contributed by atoms with Crippen LogP contribution in [0.15, 0.2) is 36.5 Å². The minimum Gasteiger partial charge on any atom is -0.300 e. The number of halogens is 3. The SMILES string of the molecule is CC(=O)C12CCCC1C[C@H](N1CCC(c3ccccc3CC(=O)S)CC1)C2.CCCc1ncc(C(F)(F)F)cc1CC. The molecule has 2 saturated carbocycles. The summed E-state index contributed by atoms with van der Waals surface area (Å²) in [5.41, 5.74) is 3.31. The van der Waals surface area contributed by atoms with E-state index in [0.29, 0.717) is 42.1 Å². The quantitative estimate of drug-likeness (QED) is 0.311. The molecule has 2 heterocycles. The molecular weight excluding hydrogens is 557 g/mol. The lowest BCUT2D eigenvalue weighted by molar-refractivity contribution is -0.138. The number of aromatic nitrogens is 1. The molecule has 42 heavy (non-hydrogen) atoms. The van der Waals surface area contributed by atoms with Crippen LogP contribution in [0.4, 0.5) is 13.2 Å². The summed E-state index contributed by atoms with van der Waals surface area (Å²) in [6.45, 7) is 7.88. The summed E-state index contributed by atoms with van der Waals surface area (Å²) in [5.74, 6) is 1.60. The predicted molar refractivity (Wildman–Crippen MR) is 164 cm³/mol. The van der Waals surface area contributed by atoms with Crippen molar-refractivity contribution in [2.75, 3.05) is 13.1 Å². The van der Waals surface area contributed by atoms with Crippen molar-refractivity contribution in [2.45, 2.75) is 110 Å². The number of ketones is 1.